The number of rotatable bonds is 3. The lowest BCUT2D eigenvalue weighted by molar-refractivity contribution is -0.124. The molecule has 2 aliphatic rings. The van der Waals surface area contributed by atoms with Gasteiger partial charge in [0.2, 0.25) is 5.91 Å². The molecular formula is C14H27N3O. The van der Waals surface area contributed by atoms with E-state index < -0.39 is 0 Å². The zero-order chi connectivity index (χ0) is 13.8. The van der Waals surface area contributed by atoms with Gasteiger partial charge in [-0.3, -0.25) is 9.79 Å². The van der Waals surface area contributed by atoms with Crippen LogP contribution in [0.25, 0.3) is 0 Å². The van der Waals surface area contributed by atoms with Crippen molar-refractivity contribution in [2.45, 2.75) is 53.0 Å². The first-order chi connectivity index (χ1) is 8.34. The molecule has 0 aromatic rings. The fraction of sp³-hybridized carbons (Fsp3) is 0.857. The van der Waals surface area contributed by atoms with Crippen LogP contribution in [0.15, 0.2) is 4.99 Å². The Morgan fingerprint density at radius 1 is 1.33 bits per heavy atom. The van der Waals surface area contributed by atoms with Crippen molar-refractivity contribution in [3.8, 4) is 0 Å². The van der Waals surface area contributed by atoms with Crippen LogP contribution in [-0.4, -0.2) is 30.4 Å². The first-order valence-corrected chi connectivity index (χ1v) is 6.94. The Balaban J connectivity index is 0.000000184. The lowest BCUT2D eigenvalue weighted by Crippen LogP contribution is -2.36. The van der Waals surface area contributed by atoms with Crippen LogP contribution in [0, 0.1) is 11.8 Å². The average molecular weight is 253 g/mol. The van der Waals surface area contributed by atoms with E-state index in [1.54, 1.807) is 0 Å². The van der Waals surface area contributed by atoms with E-state index in [1.165, 1.54) is 5.84 Å². The molecule has 1 aliphatic heterocycles. The highest BCUT2D eigenvalue weighted by Gasteiger charge is 2.38. The van der Waals surface area contributed by atoms with Gasteiger partial charge in [-0.2, -0.15) is 0 Å². The van der Waals surface area contributed by atoms with Crippen LogP contribution in [0.5, 0.6) is 0 Å². The molecule has 0 saturated heterocycles. The van der Waals surface area contributed by atoms with Crippen molar-refractivity contribution in [3.05, 3.63) is 0 Å². The normalized spacial score (nSPS) is 19.8. The molecule has 0 radical (unpaired) electrons. The molecule has 1 heterocycles. The van der Waals surface area contributed by atoms with E-state index in [-0.39, 0.29) is 17.4 Å². The molecule has 4 nitrogen and oxygen atoms in total. The molecule has 0 atom stereocenters. The highest BCUT2D eigenvalue weighted by atomic mass is 16.2. The maximum absolute atomic E-state index is 11.1. The highest BCUT2D eigenvalue weighted by Crippen LogP contribution is 2.34. The lowest BCUT2D eigenvalue weighted by Gasteiger charge is -2.12. The molecule has 1 amide bonds. The molecule has 0 spiro atoms. The van der Waals surface area contributed by atoms with Crippen molar-refractivity contribution in [2.24, 2.45) is 16.8 Å². The number of hydrogen-bond donors (Lipinski definition) is 2. The number of carbonyl (C=O) groups excluding carboxylic acids is 1. The summed E-state index contributed by atoms with van der Waals surface area (Å²) < 4.78 is 0. The summed E-state index contributed by atoms with van der Waals surface area (Å²) in [5.41, 5.74) is 0.154. The molecule has 2 N–H and O–H groups in total. The Bertz CT molecular complexity index is 317. The van der Waals surface area contributed by atoms with E-state index in [0.717, 1.165) is 25.9 Å². The summed E-state index contributed by atoms with van der Waals surface area (Å²) in [7, 11) is 0. The van der Waals surface area contributed by atoms with Gasteiger partial charge in [0.15, 0.2) is 0 Å². The first kappa shape index (κ1) is 15.0. The fourth-order valence-electron chi connectivity index (χ4n) is 1.56. The molecule has 4 heteroatoms. The standard InChI is InChI=1S/C8H15NO.C6H12N2/c1-6(2)7(10)9-8(3)4-5-8;1-5(2)6-7-3-4-8-6/h6H,4-5H2,1-3H3,(H,9,10);5H,3-4H2,1-2H3,(H,7,8). The van der Waals surface area contributed by atoms with Crippen LogP contribution in [0.1, 0.15) is 47.5 Å². The summed E-state index contributed by atoms with van der Waals surface area (Å²) in [5, 5.41) is 6.20. The summed E-state index contributed by atoms with van der Waals surface area (Å²) in [6, 6.07) is 0. The Labute approximate surface area is 111 Å². The van der Waals surface area contributed by atoms with Gasteiger partial charge in [-0.05, 0) is 19.8 Å². The second kappa shape index (κ2) is 6.21. The summed E-state index contributed by atoms with van der Waals surface area (Å²) in [6.45, 7) is 12.2. The SMILES string of the molecule is CC(C)C(=O)NC1(C)CC1.CC(C)C1=NCCN1. The van der Waals surface area contributed by atoms with Gasteiger partial charge in [-0.15, -0.1) is 0 Å². The highest BCUT2D eigenvalue weighted by molar-refractivity contribution is 5.85. The van der Waals surface area contributed by atoms with Crippen LogP contribution in [0.2, 0.25) is 0 Å². The topological polar surface area (TPSA) is 53.5 Å². The van der Waals surface area contributed by atoms with Crippen molar-refractivity contribution < 1.29 is 4.79 Å². The van der Waals surface area contributed by atoms with Crippen LogP contribution >= 0.6 is 0 Å². The number of amides is 1. The van der Waals surface area contributed by atoms with Gasteiger partial charge in [-0.1, -0.05) is 27.7 Å². The zero-order valence-electron chi connectivity index (χ0n) is 12.3. The minimum absolute atomic E-state index is 0.123. The zero-order valence-corrected chi connectivity index (χ0v) is 12.3. The van der Waals surface area contributed by atoms with Gasteiger partial charge in [0.25, 0.3) is 0 Å². The Morgan fingerprint density at radius 2 is 1.94 bits per heavy atom. The number of nitrogens with one attached hydrogen (secondary N) is 2. The molecule has 1 fully saturated rings. The molecule has 0 aromatic carbocycles. The van der Waals surface area contributed by atoms with Crippen molar-refractivity contribution in [2.75, 3.05) is 13.1 Å². The Kier molecular flexibility index (Phi) is 5.17. The van der Waals surface area contributed by atoms with Gasteiger partial charge >= 0.3 is 0 Å². The third kappa shape index (κ3) is 5.07. The minimum Gasteiger partial charge on any atom is -0.372 e. The molecule has 0 aromatic heterocycles. The van der Waals surface area contributed by atoms with Crippen molar-refractivity contribution in [3.63, 3.8) is 0 Å². The predicted molar refractivity (Wildman–Crippen MR) is 75.8 cm³/mol. The third-order valence-corrected chi connectivity index (χ3v) is 3.20. The predicted octanol–water partition coefficient (Wildman–Crippen LogP) is 1.96. The van der Waals surface area contributed by atoms with Crippen molar-refractivity contribution in [1.82, 2.24) is 10.6 Å². The van der Waals surface area contributed by atoms with E-state index in [4.69, 9.17) is 0 Å². The second-order valence-electron chi connectivity index (χ2n) is 6.05. The monoisotopic (exact) mass is 253 g/mol. The number of carbonyl (C=O) groups is 1. The maximum Gasteiger partial charge on any atom is 0.222 e. The molecule has 104 valence electrons. The molecule has 1 aliphatic carbocycles. The summed E-state index contributed by atoms with van der Waals surface area (Å²) in [5.74, 6) is 2.06. The van der Waals surface area contributed by atoms with E-state index in [1.807, 2.05) is 13.8 Å². The van der Waals surface area contributed by atoms with Crippen LogP contribution in [-0.2, 0) is 4.79 Å². The molecular weight excluding hydrogens is 226 g/mol. The molecule has 0 bridgehead atoms. The smallest absolute Gasteiger partial charge is 0.222 e. The van der Waals surface area contributed by atoms with E-state index in [2.05, 4.69) is 36.4 Å². The number of aliphatic imine (C=N–C) groups is 1. The van der Waals surface area contributed by atoms with Crippen LogP contribution < -0.4 is 10.6 Å². The van der Waals surface area contributed by atoms with Crippen LogP contribution in [0.3, 0.4) is 0 Å². The summed E-state index contributed by atoms with van der Waals surface area (Å²) >= 11 is 0. The van der Waals surface area contributed by atoms with Gasteiger partial charge in [0, 0.05) is 23.9 Å². The lowest BCUT2D eigenvalue weighted by atomic mass is 10.2. The van der Waals surface area contributed by atoms with E-state index in [9.17, 15) is 4.79 Å². The minimum atomic E-state index is 0.123. The van der Waals surface area contributed by atoms with Gasteiger partial charge in [-0.25, -0.2) is 0 Å². The quantitative estimate of drug-likeness (QED) is 0.808. The third-order valence-electron chi connectivity index (χ3n) is 3.20. The van der Waals surface area contributed by atoms with Gasteiger partial charge < -0.3 is 10.6 Å². The van der Waals surface area contributed by atoms with Gasteiger partial charge in [0.05, 0.1) is 12.4 Å². The van der Waals surface area contributed by atoms with E-state index in [0.29, 0.717) is 5.92 Å². The Morgan fingerprint density at radius 3 is 2.22 bits per heavy atom. The Hall–Kier alpha value is -1.06. The average Bonchev–Trinajstić information content (AvgIpc) is 2.84. The van der Waals surface area contributed by atoms with Crippen molar-refractivity contribution >= 4 is 11.7 Å². The summed E-state index contributed by atoms with van der Waals surface area (Å²) in [4.78, 5) is 15.3. The number of hydrogen-bond acceptors (Lipinski definition) is 3. The summed E-state index contributed by atoms with van der Waals surface area (Å²) in [6.07, 6.45) is 2.29. The number of nitrogens with zero attached hydrogens (tertiary/aromatic N) is 1. The fourth-order valence-corrected chi connectivity index (χ4v) is 1.56. The molecule has 18 heavy (non-hydrogen) atoms. The first-order valence-electron chi connectivity index (χ1n) is 6.94. The molecule has 0 unspecified atom stereocenters. The maximum atomic E-state index is 11.1. The second-order valence-corrected chi connectivity index (χ2v) is 6.05. The molecule has 1 saturated carbocycles. The van der Waals surface area contributed by atoms with Crippen LogP contribution in [0.4, 0.5) is 0 Å². The number of amidine groups is 1. The molecule has 2 rings (SSSR count). The largest absolute Gasteiger partial charge is 0.372 e. The van der Waals surface area contributed by atoms with E-state index >= 15 is 0 Å². The van der Waals surface area contributed by atoms with Crippen molar-refractivity contribution in [1.29, 1.82) is 0 Å². The van der Waals surface area contributed by atoms with Gasteiger partial charge in [0.1, 0.15) is 0 Å².